The number of rotatable bonds is 3. The number of oxime groups is 1. The number of primary amides is 1. The molecule has 0 saturated carbocycles. The van der Waals surface area contributed by atoms with Crippen LogP contribution in [0.1, 0.15) is 33.5 Å². The van der Waals surface area contributed by atoms with E-state index in [-0.39, 0.29) is 25.8 Å². The molecule has 1 aliphatic heterocycles. The third-order valence-corrected chi connectivity index (χ3v) is 5.62. The van der Waals surface area contributed by atoms with Crippen molar-refractivity contribution in [3.63, 3.8) is 0 Å². The molecule has 2 aromatic carbocycles. The molecule has 1 atom stereocenters. The third-order valence-electron chi connectivity index (χ3n) is 4.46. The van der Waals surface area contributed by atoms with E-state index in [1.54, 1.807) is 6.92 Å². The largest absolute Gasteiger partial charge is 0.435 e. The lowest BCUT2D eigenvalue weighted by molar-refractivity contribution is -0.275. The standard InChI is InChI=1S/C18H12Br2F4N2O2/c1-8-4-9(2-3-11(8)16(25)27)14-7-17(28-26-14,18(22,23)24)10-5-12(19)15(21)13(20)6-10/h2-6H,7H2,1H3,(H2,25,27). The average Bonchev–Trinajstić information content (AvgIpc) is 3.05. The number of hydrogen-bond donors (Lipinski definition) is 1. The fraction of sp³-hybridized carbons (Fsp3) is 0.222. The minimum atomic E-state index is -4.82. The van der Waals surface area contributed by atoms with Gasteiger partial charge in [0.25, 0.3) is 5.60 Å². The highest BCUT2D eigenvalue weighted by Gasteiger charge is 2.62. The summed E-state index contributed by atoms with van der Waals surface area (Å²) in [6, 6.07) is 6.44. The van der Waals surface area contributed by atoms with Crippen molar-refractivity contribution >= 4 is 43.5 Å². The molecule has 2 aromatic rings. The van der Waals surface area contributed by atoms with Crippen LogP contribution in [-0.4, -0.2) is 17.8 Å². The topological polar surface area (TPSA) is 64.7 Å². The maximum absolute atomic E-state index is 14.0. The van der Waals surface area contributed by atoms with Crippen LogP contribution in [0.25, 0.3) is 0 Å². The molecule has 28 heavy (non-hydrogen) atoms. The first-order valence-electron chi connectivity index (χ1n) is 7.84. The van der Waals surface area contributed by atoms with Gasteiger partial charge in [-0.05, 0) is 74.2 Å². The van der Waals surface area contributed by atoms with Crippen LogP contribution in [-0.2, 0) is 10.4 Å². The zero-order valence-electron chi connectivity index (χ0n) is 14.2. The van der Waals surface area contributed by atoms with Gasteiger partial charge in [0.15, 0.2) is 5.82 Å². The van der Waals surface area contributed by atoms with Crippen molar-refractivity contribution in [2.24, 2.45) is 10.9 Å². The zero-order valence-corrected chi connectivity index (χ0v) is 17.4. The molecular weight excluding hydrogens is 512 g/mol. The van der Waals surface area contributed by atoms with E-state index in [0.29, 0.717) is 11.1 Å². The molecule has 0 radical (unpaired) electrons. The van der Waals surface area contributed by atoms with E-state index in [1.807, 2.05) is 0 Å². The van der Waals surface area contributed by atoms with Crippen LogP contribution in [0.2, 0.25) is 0 Å². The number of nitrogens with zero attached hydrogens (tertiary/aromatic N) is 1. The molecule has 1 heterocycles. The van der Waals surface area contributed by atoms with Crippen molar-refractivity contribution in [3.05, 3.63) is 67.3 Å². The van der Waals surface area contributed by atoms with Crippen LogP contribution < -0.4 is 5.73 Å². The Hall–Kier alpha value is -1.94. The molecule has 1 amide bonds. The molecule has 1 aliphatic rings. The number of benzene rings is 2. The van der Waals surface area contributed by atoms with Crippen LogP contribution in [0, 0.1) is 12.7 Å². The highest BCUT2D eigenvalue weighted by molar-refractivity contribution is 9.11. The second-order valence-electron chi connectivity index (χ2n) is 6.28. The summed E-state index contributed by atoms with van der Waals surface area (Å²) in [4.78, 5) is 16.3. The van der Waals surface area contributed by atoms with Gasteiger partial charge in [0, 0.05) is 17.5 Å². The Balaban J connectivity index is 2.04. The molecule has 10 heteroatoms. The Morgan fingerprint density at radius 3 is 2.32 bits per heavy atom. The van der Waals surface area contributed by atoms with Crippen LogP contribution in [0.15, 0.2) is 44.4 Å². The van der Waals surface area contributed by atoms with Gasteiger partial charge < -0.3 is 10.6 Å². The number of alkyl halides is 3. The van der Waals surface area contributed by atoms with Gasteiger partial charge in [-0.3, -0.25) is 4.79 Å². The molecular formula is C18H12Br2F4N2O2. The van der Waals surface area contributed by atoms with Crippen molar-refractivity contribution in [1.29, 1.82) is 0 Å². The maximum atomic E-state index is 14.0. The highest BCUT2D eigenvalue weighted by atomic mass is 79.9. The SMILES string of the molecule is Cc1cc(C2=NOC(c3cc(Br)c(F)c(Br)c3)(C(F)(F)F)C2)ccc1C(N)=O. The summed E-state index contributed by atoms with van der Waals surface area (Å²) in [7, 11) is 0. The summed E-state index contributed by atoms with van der Waals surface area (Å²) < 4.78 is 55.6. The smallest absolute Gasteiger partial charge is 0.374 e. The molecule has 0 aromatic heterocycles. The molecule has 2 N–H and O–H groups in total. The maximum Gasteiger partial charge on any atom is 0.435 e. The predicted molar refractivity (Wildman–Crippen MR) is 101 cm³/mol. The molecule has 0 saturated heterocycles. The third kappa shape index (κ3) is 3.43. The summed E-state index contributed by atoms with van der Waals surface area (Å²) in [6.07, 6.45) is -5.44. The second-order valence-corrected chi connectivity index (χ2v) is 7.99. The van der Waals surface area contributed by atoms with E-state index in [4.69, 9.17) is 10.6 Å². The highest BCUT2D eigenvalue weighted by Crippen LogP contribution is 2.50. The van der Waals surface area contributed by atoms with Gasteiger partial charge in [-0.15, -0.1) is 0 Å². The molecule has 0 aliphatic carbocycles. The van der Waals surface area contributed by atoms with Gasteiger partial charge in [-0.1, -0.05) is 11.2 Å². The second kappa shape index (κ2) is 7.14. The molecule has 0 spiro atoms. The molecule has 0 bridgehead atoms. The van der Waals surface area contributed by atoms with Crippen LogP contribution >= 0.6 is 31.9 Å². The molecule has 0 fully saturated rings. The summed E-state index contributed by atoms with van der Waals surface area (Å²) in [6.45, 7) is 1.62. The lowest BCUT2D eigenvalue weighted by Gasteiger charge is -2.29. The molecule has 148 valence electrons. The van der Waals surface area contributed by atoms with E-state index >= 15 is 0 Å². The molecule has 4 nitrogen and oxygen atoms in total. The Morgan fingerprint density at radius 1 is 1.21 bits per heavy atom. The van der Waals surface area contributed by atoms with E-state index in [2.05, 4.69) is 37.0 Å². The van der Waals surface area contributed by atoms with E-state index in [1.165, 1.54) is 18.2 Å². The van der Waals surface area contributed by atoms with Crippen molar-refractivity contribution in [1.82, 2.24) is 0 Å². The van der Waals surface area contributed by atoms with Crippen LogP contribution in [0.5, 0.6) is 0 Å². The Morgan fingerprint density at radius 2 is 1.82 bits per heavy atom. The van der Waals surface area contributed by atoms with Gasteiger partial charge in [0.2, 0.25) is 5.91 Å². The number of amides is 1. The zero-order chi connectivity index (χ0) is 20.9. The summed E-state index contributed by atoms with van der Waals surface area (Å²) in [5, 5.41) is 3.66. The predicted octanol–water partition coefficient (Wildman–Crippen LogP) is 5.34. The lowest BCUT2D eigenvalue weighted by atomic mass is 9.86. The van der Waals surface area contributed by atoms with Crippen LogP contribution in [0.3, 0.4) is 0 Å². The fourth-order valence-corrected chi connectivity index (χ4v) is 4.15. The minimum Gasteiger partial charge on any atom is -0.374 e. The van der Waals surface area contributed by atoms with E-state index in [0.717, 1.165) is 12.1 Å². The van der Waals surface area contributed by atoms with Crippen molar-refractivity contribution in [2.45, 2.75) is 25.1 Å². The van der Waals surface area contributed by atoms with Crippen molar-refractivity contribution < 1.29 is 27.2 Å². The number of halogens is 6. The molecule has 3 rings (SSSR count). The molecule has 1 unspecified atom stereocenters. The van der Waals surface area contributed by atoms with Crippen molar-refractivity contribution in [2.75, 3.05) is 0 Å². The normalized spacial score (nSPS) is 19.3. The van der Waals surface area contributed by atoms with Gasteiger partial charge in [0.1, 0.15) is 0 Å². The van der Waals surface area contributed by atoms with Crippen LogP contribution in [0.4, 0.5) is 17.6 Å². The van der Waals surface area contributed by atoms with Gasteiger partial charge >= 0.3 is 6.18 Å². The lowest BCUT2D eigenvalue weighted by Crippen LogP contribution is -2.42. The van der Waals surface area contributed by atoms with E-state index < -0.39 is 29.9 Å². The average molecular weight is 524 g/mol. The van der Waals surface area contributed by atoms with Crippen molar-refractivity contribution in [3.8, 4) is 0 Å². The first-order valence-corrected chi connectivity index (χ1v) is 9.42. The quantitative estimate of drug-likeness (QED) is 0.436. The number of aryl methyl sites for hydroxylation is 1. The number of carbonyl (C=O) groups excluding carboxylic acids is 1. The Bertz CT molecular complexity index is 985. The summed E-state index contributed by atoms with van der Waals surface area (Å²) >= 11 is 5.83. The van der Waals surface area contributed by atoms with E-state index in [9.17, 15) is 22.4 Å². The summed E-state index contributed by atoms with van der Waals surface area (Å²) in [5.74, 6) is -1.36. The monoisotopic (exact) mass is 522 g/mol. The Kier molecular flexibility index (Phi) is 5.30. The number of carbonyl (C=O) groups is 1. The number of nitrogens with two attached hydrogens (primary N) is 1. The Labute approximate surface area is 174 Å². The first kappa shape index (κ1) is 20.8. The van der Waals surface area contributed by atoms with Gasteiger partial charge in [-0.25, -0.2) is 4.39 Å². The minimum absolute atomic E-state index is 0.0491. The fourth-order valence-electron chi connectivity index (χ4n) is 2.97. The van der Waals surface area contributed by atoms with Gasteiger partial charge in [-0.2, -0.15) is 13.2 Å². The number of hydrogen-bond acceptors (Lipinski definition) is 3. The first-order chi connectivity index (χ1) is 13.0. The van der Waals surface area contributed by atoms with Gasteiger partial charge in [0.05, 0.1) is 14.7 Å². The summed E-state index contributed by atoms with van der Waals surface area (Å²) in [5.41, 5.74) is 3.37.